The van der Waals surface area contributed by atoms with Crippen molar-refractivity contribution in [3.05, 3.63) is 35.1 Å². The quantitative estimate of drug-likeness (QED) is 0.865. The van der Waals surface area contributed by atoms with Crippen LogP contribution in [0.1, 0.15) is 31.9 Å². The second kappa shape index (κ2) is 6.01. The van der Waals surface area contributed by atoms with Crippen molar-refractivity contribution < 1.29 is 27.5 Å². The van der Waals surface area contributed by atoms with Crippen LogP contribution in [0, 0.1) is 5.82 Å². The number of carbonyl (C=O) groups is 1. The first-order valence-electron chi connectivity index (χ1n) is 6.23. The number of rotatable bonds is 4. The van der Waals surface area contributed by atoms with Crippen LogP contribution in [0.15, 0.2) is 18.2 Å². The van der Waals surface area contributed by atoms with Gasteiger partial charge in [0.1, 0.15) is 5.82 Å². The fourth-order valence-corrected chi connectivity index (χ4v) is 1.85. The van der Waals surface area contributed by atoms with Crippen LogP contribution in [0.4, 0.5) is 17.6 Å². The van der Waals surface area contributed by atoms with E-state index in [1.165, 1.54) is 4.90 Å². The number of hydrogen-bond donors (Lipinski definition) is 1. The van der Waals surface area contributed by atoms with E-state index in [2.05, 4.69) is 0 Å². The minimum Gasteiger partial charge on any atom is -0.480 e. The fourth-order valence-electron chi connectivity index (χ4n) is 1.85. The molecule has 0 saturated heterocycles. The Labute approximate surface area is 120 Å². The highest BCUT2D eigenvalue weighted by Gasteiger charge is 2.35. The lowest BCUT2D eigenvalue weighted by Crippen LogP contribution is -2.44. The zero-order valence-corrected chi connectivity index (χ0v) is 12.0. The van der Waals surface area contributed by atoms with Gasteiger partial charge in [-0.05, 0) is 38.5 Å². The lowest BCUT2D eigenvalue weighted by atomic mass is 10.0. The van der Waals surface area contributed by atoms with Gasteiger partial charge < -0.3 is 5.11 Å². The van der Waals surface area contributed by atoms with Crippen molar-refractivity contribution in [3.8, 4) is 0 Å². The van der Waals surface area contributed by atoms with Gasteiger partial charge in [-0.25, -0.2) is 4.39 Å². The van der Waals surface area contributed by atoms with E-state index in [0.29, 0.717) is 6.07 Å². The van der Waals surface area contributed by atoms with Crippen LogP contribution in [-0.4, -0.2) is 28.1 Å². The monoisotopic (exact) mass is 307 g/mol. The first-order valence-corrected chi connectivity index (χ1v) is 6.23. The maximum Gasteiger partial charge on any atom is 0.416 e. The topological polar surface area (TPSA) is 40.5 Å². The smallest absolute Gasteiger partial charge is 0.416 e. The van der Waals surface area contributed by atoms with E-state index in [1.54, 1.807) is 20.8 Å². The van der Waals surface area contributed by atoms with Gasteiger partial charge in [0, 0.05) is 12.1 Å². The van der Waals surface area contributed by atoms with Crippen molar-refractivity contribution in [3.63, 3.8) is 0 Å². The molecule has 0 unspecified atom stereocenters. The number of benzene rings is 1. The Morgan fingerprint density at radius 3 is 2.24 bits per heavy atom. The number of alkyl halides is 3. The minimum atomic E-state index is -4.69. The van der Waals surface area contributed by atoms with Gasteiger partial charge >= 0.3 is 12.1 Å². The summed E-state index contributed by atoms with van der Waals surface area (Å²) in [6.45, 7) is 4.47. The number of carboxylic acids is 1. The Morgan fingerprint density at radius 1 is 1.24 bits per heavy atom. The standard InChI is InChI=1S/C14H17F4NO2/c1-13(2,3)19(8-12(20)21)7-9-4-5-10(15)6-11(9)14(16,17)18/h4-6H,7-8H2,1-3H3,(H,20,21). The second-order valence-corrected chi connectivity index (χ2v) is 5.72. The Kier molecular flexibility index (Phi) is 4.99. The average Bonchev–Trinajstić information content (AvgIpc) is 2.27. The molecular weight excluding hydrogens is 290 g/mol. The van der Waals surface area contributed by atoms with Crippen molar-refractivity contribution in [2.24, 2.45) is 0 Å². The third-order valence-corrected chi connectivity index (χ3v) is 3.01. The molecule has 1 N–H and O–H groups in total. The summed E-state index contributed by atoms with van der Waals surface area (Å²) in [5.41, 5.74) is -1.88. The molecule has 1 rings (SSSR count). The highest BCUT2D eigenvalue weighted by molar-refractivity contribution is 5.69. The Morgan fingerprint density at radius 2 is 1.81 bits per heavy atom. The minimum absolute atomic E-state index is 0.153. The number of carboxylic acid groups (broad SMARTS) is 1. The van der Waals surface area contributed by atoms with Crippen molar-refractivity contribution >= 4 is 5.97 Å². The maximum atomic E-state index is 13.1. The first kappa shape index (κ1) is 17.4. The fraction of sp³-hybridized carbons (Fsp3) is 0.500. The molecule has 7 heteroatoms. The SMILES string of the molecule is CC(C)(C)N(CC(=O)O)Cc1ccc(F)cc1C(F)(F)F. The van der Waals surface area contributed by atoms with Gasteiger partial charge in [0.05, 0.1) is 12.1 Å². The van der Waals surface area contributed by atoms with E-state index in [-0.39, 0.29) is 12.1 Å². The number of aliphatic carboxylic acids is 1. The summed E-state index contributed by atoms with van der Waals surface area (Å²) >= 11 is 0. The van der Waals surface area contributed by atoms with E-state index >= 15 is 0 Å². The number of nitrogens with zero attached hydrogens (tertiary/aromatic N) is 1. The zero-order chi connectivity index (χ0) is 16.4. The molecule has 0 fully saturated rings. The Bertz CT molecular complexity index is 521. The maximum absolute atomic E-state index is 13.1. The molecule has 1 aromatic carbocycles. The Balaban J connectivity index is 3.18. The van der Waals surface area contributed by atoms with Crippen LogP contribution < -0.4 is 0 Å². The van der Waals surface area contributed by atoms with Crippen LogP contribution >= 0.6 is 0 Å². The van der Waals surface area contributed by atoms with Gasteiger partial charge in [0.15, 0.2) is 0 Å². The van der Waals surface area contributed by atoms with Gasteiger partial charge in [-0.15, -0.1) is 0 Å². The van der Waals surface area contributed by atoms with Crippen LogP contribution in [-0.2, 0) is 17.5 Å². The van der Waals surface area contributed by atoms with Gasteiger partial charge in [-0.3, -0.25) is 9.69 Å². The predicted octanol–water partition coefficient (Wildman–Crippen LogP) is 3.53. The second-order valence-electron chi connectivity index (χ2n) is 5.72. The first-order chi connectivity index (χ1) is 9.41. The molecule has 0 aliphatic rings. The Hall–Kier alpha value is -1.63. The van der Waals surface area contributed by atoms with Crippen molar-refractivity contribution in [2.75, 3.05) is 6.54 Å². The van der Waals surface area contributed by atoms with Crippen LogP contribution in [0.5, 0.6) is 0 Å². The third-order valence-electron chi connectivity index (χ3n) is 3.01. The summed E-state index contributed by atoms with van der Waals surface area (Å²) in [6.07, 6.45) is -4.69. The van der Waals surface area contributed by atoms with Crippen LogP contribution in [0.2, 0.25) is 0 Å². The molecule has 0 bridgehead atoms. The van der Waals surface area contributed by atoms with E-state index in [0.717, 1.165) is 12.1 Å². The predicted molar refractivity (Wildman–Crippen MR) is 69.2 cm³/mol. The van der Waals surface area contributed by atoms with Crippen molar-refractivity contribution in [1.29, 1.82) is 0 Å². The molecule has 0 aliphatic heterocycles. The molecule has 21 heavy (non-hydrogen) atoms. The van der Waals surface area contributed by atoms with Gasteiger partial charge in [-0.2, -0.15) is 13.2 Å². The van der Waals surface area contributed by atoms with Gasteiger partial charge in [-0.1, -0.05) is 6.07 Å². The summed E-state index contributed by atoms with van der Waals surface area (Å²) < 4.78 is 51.9. The summed E-state index contributed by atoms with van der Waals surface area (Å²) in [5, 5.41) is 8.87. The highest BCUT2D eigenvalue weighted by atomic mass is 19.4. The van der Waals surface area contributed by atoms with Gasteiger partial charge in [0.2, 0.25) is 0 Å². The van der Waals surface area contributed by atoms with E-state index in [4.69, 9.17) is 5.11 Å². The molecule has 0 saturated carbocycles. The lowest BCUT2D eigenvalue weighted by molar-refractivity contribution is -0.140. The van der Waals surface area contributed by atoms with Crippen molar-refractivity contribution in [1.82, 2.24) is 4.90 Å². The average molecular weight is 307 g/mol. The zero-order valence-electron chi connectivity index (χ0n) is 12.0. The molecule has 118 valence electrons. The van der Waals surface area contributed by atoms with Crippen molar-refractivity contribution in [2.45, 2.75) is 39.0 Å². The number of hydrogen-bond acceptors (Lipinski definition) is 2. The molecule has 0 amide bonds. The third kappa shape index (κ3) is 5.00. The molecule has 0 aliphatic carbocycles. The molecule has 0 aromatic heterocycles. The number of halogens is 4. The molecular formula is C14H17F4NO2. The molecule has 3 nitrogen and oxygen atoms in total. The van der Waals surface area contributed by atoms with E-state index in [9.17, 15) is 22.4 Å². The molecule has 0 spiro atoms. The highest BCUT2D eigenvalue weighted by Crippen LogP contribution is 2.33. The summed E-state index contributed by atoms with van der Waals surface area (Å²) in [5.74, 6) is -2.12. The van der Waals surface area contributed by atoms with Crippen LogP contribution in [0.25, 0.3) is 0 Å². The molecule has 0 atom stereocenters. The summed E-state index contributed by atoms with van der Waals surface area (Å²) in [7, 11) is 0. The van der Waals surface area contributed by atoms with E-state index in [1.807, 2.05) is 0 Å². The molecule has 0 radical (unpaired) electrons. The normalized spacial score (nSPS) is 12.8. The van der Waals surface area contributed by atoms with Crippen LogP contribution in [0.3, 0.4) is 0 Å². The lowest BCUT2D eigenvalue weighted by Gasteiger charge is -2.35. The summed E-state index contributed by atoms with van der Waals surface area (Å²) in [4.78, 5) is 12.2. The largest absolute Gasteiger partial charge is 0.480 e. The van der Waals surface area contributed by atoms with Gasteiger partial charge in [0.25, 0.3) is 0 Å². The van der Waals surface area contributed by atoms with E-state index < -0.39 is 35.6 Å². The molecule has 1 aromatic rings. The summed E-state index contributed by atoms with van der Waals surface area (Å²) in [6, 6.07) is 2.40. The molecule has 0 heterocycles.